The monoisotopic (exact) mass is 290 g/mol. The SMILES string of the molecule is Nc1cc(NC2CCC(NC(=O)O)CC2)nn2ccnc12. The lowest BCUT2D eigenvalue weighted by atomic mass is 9.91. The fourth-order valence-corrected chi connectivity index (χ4v) is 2.78. The van der Waals surface area contributed by atoms with Crippen LogP contribution in [0.3, 0.4) is 0 Å². The number of anilines is 2. The van der Waals surface area contributed by atoms with Gasteiger partial charge >= 0.3 is 6.09 Å². The molecule has 2 aromatic rings. The molecule has 3 rings (SSSR count). The van der Waals surface area contributed by atoms with Crippen molar-refractivity contribution in [1.29, 1.82) is 0 Å². The van der Waals surface area contributed by atoms with E-state index in [1.165, 1.54) is 0 Å². The topological polar surface area (TPSA) is 118 Å². The molecular formula is C13H18N6O2. The van der Waals surface area contributed by atoms with E-state index in [9.17, 15) is 4.79 Å². The van der Waals surface area contributed by atoms with E-state index in [0.717, 1.165) is 25.7 Å². The van der Waals surface area contributed by atoms with Gasteiger partial charge in [0.25, 0.3) is 0 Å². The Kier molecular flexibility index (Phi) is 3.51. The van der Waals surface area contributed by atoms with E-state index in [4.69, 9.17) is 10.8 Å². The molecule has 1 aliphatic carbocycles. The van der Waals surface area contributed by atoms with Crippen molar-refractivity contribution in [1.82, 2.24) is 19.9 Å². The van der Waals surface area contributed by atoms with Crippen LogP contribution in [0, 0.1) is 0 Å². The number of hydrogen-bond acceptors (Lipinski definition) is 5. The summed E-state index contributed by atoms with van der Waals surface area (Å²) in [6, 6.07) is 2.11. The molecule has 5 N–H and O–H groups in total. The zero-order chi connectivity index (χ0) is 14.8. The van der Waals surface area contributed by atoms with Crippen LogP contribution in [-0.2, 0) is 0 Å². The zero-order valence-electron chi connectivity index (χ0n) is 11.5. The molecule has 0 saturated heterocycles. The number of fused-ring (bicyclic) bond motifs is 1. The van der Waals surface area contributed by atoms with Gasteiger partial charge in [0.1, 0.15) is 5.82 Å². The van der Waals surface area contributed by atoms with Crippen LogP contribution >= 0.6 is 0 Å². The van der Waals surface area contributed by atoms with E-state index in [-0.39, 0.29) is 12.1 Å². The average Bonchev–Trinajstić information content (AvgIpc) is 2.89. The van der Waals surface area contributed by atoms with Crippen molar-refractivity contribution in [3.8, 4) is 0 Å². The van der Waals surface area contributed by atoms with Crippen LogP contribution in [-0.4, -0.2) is 37.9 Å². The van der Waals surface area contributed by atoms with Crippen LogP contribution in [0.25, 0.3) is 5.65 Å². The molecule has 1 saturated carbocycles. The fourth-order valence-electron chi connectivity index (χ4n) is 2.78. The molecule has 1 amide bonds. The van der Waals surface area contributed by atoms with Gasteiger partial charge in [-0.25, -0.2) is 14.3 Å². The van der Waals surface area contributed by atoms with Gasteiger partial charge in [-0.1, -0.05) is 0 Å². The van der Waals surface area contributed by atoms with Gasteiger partial charge in [-0.15, -0.1) is 5.10 Å². The average molecular weight is 290 g/mol. The van der Waals surface area contributed by atoms with Gasteiger partial charge in [-0.2, -0.15) is 0 Å². The summed E-state index contributed by atoms with van der Waals surface area (Å²) in [6.45, 7) is 0. The van der Waals surface area contributed by atoms with Crippen LogP contribution < -0.4 is 16.4 Å². The molecular weight excluding hydrogens is 272 g/mol. The van der Waals surface area contributed by atoms with Crippen LogP contribution in [0.1, 0.15) is 25.7 Å². The number of imidazole rings is 1. The Hall–Kier alpha value is -2.51. The lowest BCUT2D eigenvalue weighted by Gasteiger charge is -2.29. The molecule has 0 atom stereocenters. The normalized spacial score (nSPS) is 22.1. The number of amides is 1. The number of aromatic nitrogens is 3. The molecule has 2 heterocycles. The summed E-state index contributed by atoms with van der Waals surface area (Å²) in [5, 5.41) is 19.0. The molecule has 0 aromatic carbocycles. The van der Waals surface area contributed by atoms with Crippen molar-refractivity contribution in [2.45, 2.75) is 37.8 Å². The molecule has 112 valence electrons. The van der Waals surface area contributed by atoms with Crippen molar-refractivity contribution < 1.29 is 9.90 Å². The summed E-state index contributed by atoms with van der Waals surface area (Å²) in [5.74, 6) is 0.715. The molecule has 0 aliphatic heterocycles. The van der Waals surface area contributed by atoms with E-state index in [2.05, 4.69) is 20.7 Å². The molecule has 8 nitrogen and oxygen atoms in total. The highest BCUT2D eigenvalue weighted by atomic mass is 16.4. The van der Waals surface area contributed by atoms with Gasteiger partial charge in [0.05, 0.1) is 5.69 Å². The van der Waals surface area contributed by atoms with Crippen molar-refractivity contribution >= 4 is 23.2 Å². The Balaban J connectivity index is 1.63. The van der Waals surface area contributed by atoms with Gasteiger partial charge in [0.2, 0.25) is 0 Å². The zero-order valence-corrected chi connectivity index (χ0v) is 11.5. The van der Waals surface area contributed by atoms with E-state index in [0.29, 0.717) is 17.2 Å². The summed E-state index contributed by atoms with van der Waals surface area (Å²) in [7, 11) is 0. The third kappa shape index (κ3) is 2.99. The second-order valence-electron chi connectivity index (χ2n) is 5.32. The predicted octanol–water partition coefficient (Wildman–Crippen LogP) is 1.30. The number of nitrogen functional groups attached to an aromatic ring is 1. The highest BCUT2D eigenvalue weighted by Gasteiger charge is 2.22. The molecule has 0 unspecified atom stereocenters. The Morgan fingerprint density at radius 2 is 2.05 bits per heavy atom. The van der Waals surface area contributed by atoms with E-state index < -0.39 is 6.09 Å². The van der Waals surface area contributed by atoms with Crippen LogP contribution in [0.4, 0.5) is 16.3 Å². The van der Waals surface area contributed by atoms with Gasteiger partial charge in [-0.3, -0.25) is 0 Å². The molecule has 2 aromatic heterocycles. The molecule has 0 spiro atoms. The molecule has 1 fully saturated rings. The second-order valence-corrected chi connectivity index (χ2v) is 5.32. The maximum atomic E-state index is 10.6. The summed E-state index contributed by atoms with van der Waals surface area (Å²) < 4.78 is 1.65. The highest BCUT2D eigenvalue weighted by molar-refractivity contribution is 5.67. The van der Waals surface area contributed by atoms with Crippen LogP contribution in [0.5, 0.6) is 0 Å². The van der Waals surface area contributed by atoms with Gasteiger partial charge < -0.3 is 21.5 Å². The summed E-state index contributed by atoms with van der Waals surface area (Å²) in [6.07, 6.45) is 5.91. The smallest absolute Gasteiger partial charge is 0.404 e. The van der Waals surface area contributed by atoms with Gasteiger partial charge in [0, 0.05) is 30.5 Å². The largest absolute Gasteiger partial charge is 0.465 e. The molecule has 21 heavy (non-hydrogen) atoms. The standard InChI is InChI=1S/C13H18N6O2/c14-10-7-11(18-19-6-5-15-12(10)19)16-8-1-3-9(4-2-8)17-13(20)21/h5-9,17H,1-4,14H2,(H,16,18)(H,20,21). The number of rotatable bonds is 3. The highest BCUT2D eigenvalue weighted by Crippen LogP contribution is 2.23. The quantitative estimate of drug-likeness (QED) is 0.677. The minimum atomic E-state index is -0.952. The molecule has 8 heteroatoms. The van der Waals surface area contributed by atoms with Crippen LogP contribution in [0.15, 0.2) is 18.5 Å². The van der Waals surface area contributed by atoms with Crippen molar-refractivity contribution in [3.05, 3.63) is 18.5 Å². The van der Waals surface area contributed by atoms with Crippen molar-refractivity contribution in [3.63, 3.8) is 0 Å². The molecule has 0 bridgehead atoms. The third-order valence-corrected chi connectivity index (χ3v) is 3.79. The summed E-state index contributed by atoms with van der Waals surface area (Å²) in [5.41, 5.74) is 7.18. The number of carboxylic acid groups (broad SMARTS) is 1. The number of nitrogens with one attached hydrogen (secondary N) is 2. The summed E-state index contributed by atoms with van der Waals surface area (Å²) in [4.78, 5) is 14.7. The number of nitrogens with zero attached hydrogens (tertiary/aromatic N) is 3. The third-order valence-electron chi connectivity index (χ3n) is 3.79. The van der Waals surface area contributed by atoms with E-state index in [1.54, 1.807) is 23.0 Å². The van der Waals surface area contributed by atoms with Crippen molar-refractivity contribution in [2.75, 3.05) is 11.1 Å². The summed E-state index contributed by atoms with van der Waals surface area (Å²) >= 11 is 0. The Morgan fingerprint density at radius 1 is 1.33 bits per heavy atom. The van der Waals surface area contributed by atoms with E-state index >= 15 is 0 Å². The number of carbonyl (C=O) groups is 1. The van der Waals surface area contributed by atoms with Crippen LogP contribution in [0.2, 0.25) is 0 Å². The lowest BCUT2D eigenvalue weighted by Crippen LogP contribution is -2.39. The first kappa shape index (κ1) is 13.5. The first-order chi connectivity index (χ1) is 10.1. The predicted molar refractivity (Wildman–Crippen MR) is 78.2 cm³/mol. The first-order valence-corrected chi connectivity index (χ1v) is 6.97. The Labute approximate surface area is 121 Å². The van der Waals surface area contributed by atoms with Crippen molar-refractivity contribution in [2.24, 2.45) is 0 Å². The minimum Gasteiger partial charge on any atom is -0.465 e. The van der Waals surface area contributed by atoms with E-state index in [1.807, 2.05) is 0 Å². The molecule has 1 aliphatic rings. The fraction of sp³-hybridized carbons (Fsp3) is 0.462. The second kappa shape index (κ2) is 5.47. The van der Waals surface area contributed by atoms with Gasteiger partial charge in [-0.05, 0) is 25.7 Å². The molecule has 0 radical (unpaired) electrons. The van der Waals surface area contributed by atoms with Gasteiger partial charge in [0.15, 0.2) is 5.65 Å². The Morgan fingerprint density at radius 3 is 2.76 bits per heavy atom. The number of hydrogen-bond donors (Lipinski definition) is 4. The lowest BCUT2D eigenvalue weighted by molar-refractivity contribution is 0.185. The minimum absolute atomic E-state index is 0.0507. The number of nitrogens with two attached hydrogens (primary N) is 1. The Bertz CT molecular complexity index is 647. The maximum Gasteiger partial charge on any atom is 0.404 e. The maximum absolute atomic E-state index is 10.6. The first-order valence-electron chi connectivity index (χ1n) is 6.97.